The molecule has 27 heavy (non-hydrogen) atoms. The molecule has 1 aromatic heterocycles. The second kappa shape index (κ2) is 8.45. The summed E-state index contributed by atoms with van der Waals surface area (Å²) < 4.78 is 0. The van der Waals surface area contributed by atoms with Crippen molar-refractivity contribution >= 4 is 28.9 Å². The number of hydrogen-bond donors (Lipinski definition) is 2. The largest absolute Gasteiger partial charge is 0.340 e. The highest BCUT2D eigenvalue weighted by molar-refractivity contribution is 5.83. The van der Waals surface area contributed by atoms with Crippen LogP contribution in [0.15, 0.2) is 60.8 Å². The van der Waals surface area contributed by atoms with Gasteiger partial charge in [-0.3, -0.25) is 4.79 Å². The normalized spacial score (nSPS) is 10.7. The second-order valence-electron chi connectivity index (χ2n) is 6.84. The van der Waals surface area contributed by atoms with Crippen LogP contribution in [0.4, 0.5) is 23.1 Å². The van der Waals surface area contributed by atoms with Crippen molar-refractivity contribution in [3.05, 3.63) is 71.9 Å². The molecule has 0 unspecified atom stereocenters. The predicted molar refractivity (Wildman–Crippen MR) is 110 cm³/mol. The van der Waals surface area contributed by atoms with Gasteiger partial charge in [-0.15, -0.1) is 0 Å². The number of aryl methyl sites for hydroxylation is 1. The smallest absolute Gasteiger partial charge is 0.229 e. The molecule has 3 rings (SSSR count). The van der Waals surface area contributed by atoms with E-state index in [0.717, 1.165) is 28.3 Å². The van der Waals surface area contributed by atoms with Gasteiger partial charge in [0, 0.05) is 35.5 Å². The van der Waals surface area contributed by atoms with Gasteiger partial charge >= 0.3 is 0 Å². The first-order chi connectivity index (χ1) is 13.0. The van der Waals surface area contributed by atoms with Gasteiger partial charge in [0.1, 0.15) is 11.6 Å². The fourth-order valence-corrected chi connectivity index (χ4v) is 2.58. The number of carbonyl (C=O) groups excluding carboxylic acids is 1. The summed E-state index contributed by atoms with van der Waals surface area (Å²) in [4.78, 5) is 20.9. The molecule has 5 heteroatoms. The molecule has 0 spiro atoms. The van der Waals surface area contributed by atoms with E-state index >= 15 is 0 Å². The van der Waals surface area contributed by atoms with Gasteiger partial charge in [-0.1, -0.05) is 44.2 Å². The molecule has 1 heterocycles. The van der Waals surface area contributed by atoms with E-state index in [1.165, 1.54) is 0 Å². The zero-order valence-electron chi connectivity index (χ0n) is 15.9. The van der Waals surface area contributed by atoms with Crippen LogP contribution >= 0.6 is 0 Å². The molecule has 0 saturated heterocycles. The Kier molecular flexibility index (Phi) is 5.81. The van der Waals surface area contributed by atoms with Crippen molar-refractivity contribution in [2.45, 2.75) is 27.2 Å². The Hall–Kier alpha value is -3.21. The number of nitrogens with one attached hydrogen (secondary N) is 2. The van der Waals surface area contributed by atoms with E-state index in [1.54, 1.807) is 6.20 Å². The summed E-state index contributed by atoms with van der Waals surface area (Å²) in [7, 11) is 0. The molecular formula is C22H24N4O. The molecule has 0 aliphatic rings. The lowest BCUT2D eigenvalue weighted by Gasteiger charge is -2.12. The van der Waals surface area contributed by atoms with Gasteiger partial charge in [-0.2, -0.15) is 4.98 Å². The standard InChI is InChI=1S/C22H24N4O/c1-15(2)20(27)13-17-8-7-11-19(12-17)24-21-16(3)14-23-22(26-21)25-18-9-5-4-6-10-18/h4-12,14-15H,13H2,1-3H3,(H2,23,24,25,26). The van der Waals surface area contributed by atoms with Crippen molar-refractivity contribution < 1.29 is 4.79 Å². The van der Waals surface area contributed by atoms with Crippen LogP contribution in [0.1, 0.15) is 25.0 Å². The van der Waals surface area contributed by atoms with Crippen molar-refractivity contribution in [2.24, 2.45) is 5.92 Å². The van der Waals surface area contributed by atoms with Crippen LogP contribution in [0.5, 0.6) is 0 Å². The maximum atomic E-state index is 12.0. The Balaban J connectivity index is 1.77. The Morgan fingerprint density at radius 1 is 1.00 bits per heavy atom. The van der Waals surface area contributed by atoms with E-state index in [-0.39, 0.29) is 11.7 Å². The van der Waals surface area contributed by atoms with Gasteiger partial charge in [0.25, 0.3) is 0 Å². The summed E-state index contributed by atoms with van der Waals surface area (Å²) in [6.07, 6.45) is 2.23. The maximum absolute atomic E-state index is 12.0. The average Bonchev–Trinajstić information content (AvgIpc) is 2.65. The Morgan fingerprint density at radius 3 is 2.48 bits per heavy atom. The Bertz CT molecular complexity index is 923. The van der Waals surface area contributed by atoms with Crippen LogP contribution in [0.25, 0.3) is 0 Å². The van der Waals surface area contributed by atoms with Crippen molar-refractivity contribution in [3.8, 4) is 0 Å². The monoisotopic (exact) mass is 360 g/mol. The fourth-order valence-electron chi connectivity index (χ4n) is 2.58. The predicted octanol–water partition coefficient (Wildman–Crippen LogP) is 5.04. The summed E-state index contributed by atoms with van der Waals surface area (Å²) in [5, 5.41) is 6.54. The van der Waals surface area contributed by atoms with Crippen LogP contribution in [-0.2, 0) is 11.2 Å². The van der Waals surface area contributed by atoms with Gasteiger partial charge in [-0.05, 0) is 36.8 Å². The number of hydrogen-bond acceptors (Lipinski definition) is 5. The van der Waals surface area contributed by atoms with E-state index < -0.39 is 0 Å². The zero-order chi connectivity index (χ0) is 19.2. The van der Waals surface area contributed by atoms with Gasteiger partial charge in [0.2, 0.25) is 5.95 Å². The zero-order valence-corrected chi connectivity index (χ0v) is 15.9. The third-order valence-corrected chi connectivity index (χ3v) is 4.21. The van der Waals surface area contributed by atoms with E-state index in [1.807, 2.05) is 75.4 Å². The lowest BCUT2D eigenvalue weighted by atomic mass is 10.0. The minimum atomic E-state index is 0.0392. The highest BCUT2D eigenvalue weighted by atomic mass is 16.1. The fraction of sp³-hybridized carbons (Fsp3) is 0.227. The van der Waals surface area contributed by atoms with Crippen molar-refractivity contribution in [1.29, 1.82) is 0 Å². The van der Waals surface area contributed by atoms with Crippen molar-refractivity contribution in [1.82, 2.24) is 9.97 Å². The molecule has 5 nitrogen and oxygen atoms in total. The molecule has 0 aliphatic carbocycles. The molecule has 0 saturated carbocycles. The molecule has 0 atom stereocenters. The number of nitrogens with zero attached hydrogens (tertiary/aromatic N) is 2. The average molecular weight is 360 g/mol. The highest BCUT2D eigenvalue weighted by Crippen LogP contribution is 2.22. The van der Waals surface area contributed by atoms with Crippen molar-refractivity contribution in [2.75, 3.05) is 10.6 Å². The Morgan fingerprint density at radius 2 is 1.74 bits per heavy atom. The van der Waals surface area contributed by atoms with Crippen LogP contribution < -0.4 is 10.6 Å². The summed E-state index contributed by atoms with van der Waals surface area (Å²) >= 11 is 0. The molecule has 0 radical (unpaired) electrons. The lowest BCUT2D eigenvalue weighted by molar-refractivity contribution is -0.121. The molecule has 138 valence electrons. The first-order valence-corrected chi connectivity index (χ1v) is 9.05. The summed E-state index contributed by atoms with van der Waals surface area (Å²) in [5.74, 6) is 1.54. The topological polar surface area (TPSA) is 66.9 Å². The van der Waals surface area contributed by atoms with E-state index in [2.05, 4.69) is 20.6 Å². The first-order valence-electron chi connectivity index (χ1n) is 9.05. The van der Waals surface area contributed by atoms with Crippen LogP contribution in [0.2, 0.25) is 0 Å². The number of aromatic nitrogens is 2. The molecule has 2 aromatic carbocycles. The molecule has 0 bridgehead atoms. The van der Waals surface area contributed by atoms with Crippen molar-refractivity contribution in [3.63, 3.8) is 0 Å². The molecule has 0 fully saturated rings. The number of benzene rings is 2. The number of carbonyl (C=O) groups is 1. The first kappa shape index (κ1) is 18.6. The number of ketones is 1. The molecule has 0 aliphatic heterocycles. The second-order valence-corrected chi connectivity index (χ2v) is 6.84. The van der Waals surface area contributed by atoms with E-state index in [4.69, 9.17) is 0 Å². The summed E-state index contributed by atoms with van der Waals surface area (Å²) in [6.45, 7) is 5.81. The minimum absolute atomic E-state index is 0.0392. The maximum Gasteiger partial charge on any atom is 0.229 e. The van der Waals surface area contributed by atoms with Crippen LogP contribution in [0, 0.1) is 12.8 Å². The third kappa shape index (κ3) is 5.14. The molecule has 0 amide bonds. The summed E-state index contributed by atoms with van der Waals surface area (Å²) in [6, 6.07) is 17.7. The lowest BCUT2D eigenvalue weighted by Crippen LogP contribution is -2.10. The molecular weight excluding hydrogens is 336 g/mol. The number of anilines is 4. The number of Topliss-reactive ketones (excluding diaryl/α,β-unsaturated/α-hetero) is 1. The van der Waals surface area contributed by atoms with Gasteiger partial charge in [0.05, 0.1) is 0 Å². The highest BCUT2D eigenvalue weighted by Gasteiger charge is 2.10. The minimum Gasteiger partial charge on any atom is -0.340 e. The molecule has 2 N–H and O–H groups in total. The number of para-hydroxylation sites is 1. The molecule has 3 aromatic rings. The van der Waals surface area contributed by atoms with Gasteiger partial charge in [0.15, 0.2) is 0 Å². The quantitative estimate of drug-likeness (QED) is 0.618. The summed E-state index contributed by atoms with van der Waals surface area (Å²) in [5.41, 5.74) is 3.77. The van der Waals surface area contributed by atoms with E-state index in [9.17, 15) is 4.79 Å². The SMILES string of the molecule is Cc1cnc(Nc2ccccc2)nc1Nc1cccc(CC(=O)C(C)C)c1. The number of rotatable bonds is 7. The van der Waals surface area contributed by atoms with Crippen LogP contribution in [0.3, 0.4) is 0 Å². The van der Waals surface area contributed by atoms with Gasteiger partial charge in [-0.25, -0.2) is 4.98 Å². The van der Waals surface area contributed by atoms with E-state index in [0.29, 0.717) is 12.4 Å². The third-order valence-electron chi connectivity index (χ3n) is 4.21. The Labute approximate surface area is 159 Å². The van der Waals surface area contributed by atoms with Crippen LogP contribution in [-0.4, -0.2) is 15.8 Å². The van der Waals surface area contributed by atoms with Gasteiger partial charge < -0.3 is 10.6 Å².